The van der Waals surface area contributed by atoms with E-state index in [1.807, 2.05) is 6.07 Å². The molecule has 72 heavy (non-hydrogen) atoms. The number of para-hydroxylation sites is 1. The molecule has 338 valence electrons. The standard InChI is InChI=1S/C70H47NO/c1-4-17-48(18-5-1)55-36-33-51-39-43-59(46-57(51)45-55)71(58-41-37-50(38-42-58)49-31-34-54(35-32-49)61-24-11-10-23-60(61)52-19-6-2-7-20-52)67-29-16-28-65(63-26-13-12-25-62(63)53-21-8-3-9-22-53)70(67)56-40-44-69-66(47-56)64-27-14-15-30-68(64)72-69/h1-47H. The van der Waals surface area contributed by atoms with Gasteiger partial charge in [-0.25, -0.2) is 0 Å². The number of anilines is 3. The summed E-state index contributed by atoms with van der Waals surface area (Å²) in [4.78, 5) is 2.45. The van der Waals surface area contributed by atoms with E-state index in [-0.39, 0.29) is 0 Å². The molecule has 0 unspecified atom stereocenters. The predicted molar refractivity (Wildman–Crippen MR) is 304 cm³/mol. The van der Waals surface area contributed by atoms with Crippen LogP contribution >= 0.6 is 0 Å². The van der Waals surface area contributed by atoms with Crippen molar-refractivity contribution < 1.29 is 4.42 Å². The van der Waals surface area contributed by atoms with Gasteiger partial charge in [0.15, 0.2) is 0 Å². The average molecular weight is 918 g/mol. The van der Waals surface area contributed by atoms with Crippen molar-refractivity contribution in [3.05, 3.63) is 285 Å². The molecule has 1 heterocycles. The van der Waals surface area contributed by atoms with Crippen LogP contribution in [-0.4, -0.2) is 0 Å². The number of benzene rings is 12. The van der Waals surface area contributed by atoms with Crippen molar-refractivity contribution in [3.8, 4) is 77.9 Å². The zero-order valence-corrected chi connectivity index (χ0v) is 39.5. The second kappa shape index (κ2) is 18.4. The molecule has 0 spiro atoms. The maximum absolute atomic E-state index is 6.42. The summed E-state index contributed by atoms with van der Waals surface area (Å²) < 4.78 is 6.42. The Balaban J connectivity index is 0.996. The first kappa shape index (κ1) is 42.6. The first-order chi connectivity index (χ1) is 35.7. The summed E-state index contributed by atoms with van der Waals surface area (Å²) >= 11 is 0. The summed E-state index contributed by atoms with van der Waals surface area (Å²) in [6, 6.07) is 103. The molecule has 13 aromatic rings. The molecule has 0 N–H and O–H groups in total. The number of rotatable bonds is 10. The Labute approximate surface area is 420 Å². The van der Waals surface area contributed by atoms with E-state index in [2.05, 4.69) is 284 Å². The highest BCUT2D eigenvalue weighted by atomic mass is 16.3. The van der Waals surface area contributed by atoms with Crippen LogP contribution < -0.4 is 4.90 Å². The minimum absolute atomic E-state index is 0.869. The summed E-state index contributed by atoms with van der Waals surface area (Å²) in [7, 11) is 0. The Bertz CT molecular complexity index is 4060. The van der Waals surface area contributed by atoms with Crippen LogP contribution in [0, 0.1) is 0 Å². The first-order valence-corrected chi connectivity index (χ1v) is 24.6. The molecule has 0 radical (unpaired) electrons. The van der Waals surface area contributed by atoms with Crippen LogP contribution in [0.3, 0.4) is 0 Å². The van der Waals surface area contributed by atoms with Crippen molar-refractivity contribution in [2.24, 2.45) is 0 Å². The van der Waals surface area contributed by atoms with Gasteiger partial charge in [0.05, 0.1) is 5.69 Å². The second-order valence-corrected chi connectivity index (χ2v) is 18.4. The molecule has 12 aromatic carbocycles. The Kier molecular flexibility index (Phi) is 10.9. The lowest BCUT2D eigenvalue weighted by Crippen LogP contribution is -2.12. The van der Waals surface area contributed by atoms with E-state index in [4.69, 9.17) is 4.42 Å². The minimum Gasteiger partial charge on any atom is -0.456 e. The van der Waals surface area contributed by atoms with Crippen LogP contribution in [0.2, 0.25) is 0 Å². The van der Waals surface area contributed by atoms with Gasteiger partial charge in [0.25, 0.3) is 0 Å². The summed E-state index contributed by atoms with van der Waals surface area (Å²) in [6.07, 6.45) is 0. The van der Waals surface area contributed by atoms with Gasteiger partial charge < -0.3 is 9.32 Å². The van der Waals surface area contributed by atoms with E-state index in [9.17, 15) is 0 Å². The van der Waals surface area contributed by atoms with Crippen molar-refractivity contribution in [2.45, 2.75) is 0 Å². The Morgan fingerprint density at radius 1 is 0.236 bits per heavy atom. The molecular formula is C70H47NO. The predicted octanol–water partition coefficient (Wildman–Crippen LogP) is 19.9. The topological polar surface area (TPSA) is 16.4 Å². The highest BCUT2D eigenvalue weighted by molar-refractivity contribution is 6.09. The molecule has 0 aliphatic rings. The van der Waals surface area contributed by atoms with Crippen LogP contribution in [0.25, 0.3) is 111 Å². The molecule has 2 nitrogen and oxygen atoms in total. The van der Waals surface area contributed by atoms with Gasteiger partial charge in [-0.05, 0) is 138 Å². The molecule has 0 saturated heterocycles. The normalized spacial score (nSPS) is 11.3. The molecule has 2 heteroatoms. The second-order valence-electron chi connectivity index (χ2n) is 18.4. The SMILES string of the molecule is c1ccc(-c2ccc3ccc(N(c4ccc(-c5ccc(-c6ccccc6-c6ccccc6)cc5)cc4)c4cccc(-c5ccccc5-c5ccccc5)c4-c4ccc5oc6ccccc6c5c4)cc3c2)cc1. The average Bonchev–Trinajstić information content (AvgIpc) is 3.84. The molecule has 0 aliphatic carbocycles. The summed E-state index contributed by atoms with van der Waals surface area (Å²) in [5.74, 6) is 0. The van der Waals surface area contributed by atoms with E-state index >= 15 is 0 Å². The number of fused-ring (bicyclic) bond motifs is 4. The van der Waals surface area contributed by atoms with Crippen molar-refractivity contribution >= 4 is 49.8 Å². The van der Waals surface area contributed by atoms with Gasteiger partial charge in [0.2, 0.25) is 0 Å². The quantitative estimate of drug-likeness (QED) is 0.136. The van der Waals surface area contributed by atoms with Crippen molar-refractivity contribution in [1.82, 2.24) is 0 Å². The van der Waals surface area contributed by atoms with Crippen LogP contribution in [0.15, 0.2) is 290 Å². The van der Waals surface area contributed by atoms with Gasteiger partial charge in [-0.2, -0.15) is 0 Å². The smallest absolute Gasteiger partial charge is 0.135 e. The Morgan fingerprint density at radius 3 is 1.38 bits per heavy atom. The van der Waals surface area contributed by atoms with Crippen LogP contribution in [-0.2, 0) is 0 Å². The van der Waals surface area contributed by atoms with Gasteiger partial charge >= 0.3 is 0 Å². The first-order valence-electron chi connectivity index (χ1n) is 24.6. The molecule has 0 bridgehead atoms. The summed E-state index contributed by atoms with van der Waals surface area (Å²) in [5.41, 5.74) is 21.3. The molecule has 13 rings (SSSR count). The number of nitrogens with zero attached hydrogens (tertiary/aromatic N) is 1. The van der Waals surface area contributed by atoms with E-state index in [0.717, 1.165) is 72.4 Å². The lowest BCUT2D eigenvalue weighted by molar-refractivity contribution is 0.669. The van der Waals surface area contributed by atoms with Crippen LogP contribution in [0.4, 0.5) is 17.1 Å². The molecule has 0 atom stereocenters. The fourth-order valence-electron chi connectivity index (χ4n) is 10.6. The molecule has 0 amide bonds. The van der Waals surface area contributed by atoms with E-state index in [1.165, 1.54) is 55.3 Å². The number of hydrogen-bond donors (Lipinski definition) is 0. The van der Waals surface area contributed by atoms with E-state index < -0.39 is 0 Å². The minimum atomic E-state index is 0.869. The Morgan fingerprint density at radius 2 is 0.694 bits per heavy atom. The van der Waals surface area contributed by atoms with Crippen molar-refractivity contribution in [3.63, 3.8) is 0 Å². The van der Waals surface area contributed by atoms with Gasteiger partial charge in [-0.15, -0.1) is 0 Å². The lowest BCUT2D eigenvalue weighted by Gasteiger charge is -2.30. The summed E-state index contributed by atoms with van der Waals surface area (Å²) in [5, 5.41) is 4.54. The van der Waals surface area contributed by atoms with Crippen LogP contribution in [0.5, 0.6) is 0 Å². The van der Waals surface area contributed by atoms with Crippen molar-refractivity contribution in [1.29, 1.82) is 0 Å². The fraction of sp³-hybridized carbons (Fsp3) is 0. The monoisotopic (exact) mass is 917 g/mol. The fourth-order valence-corrected chi connectivity index (χ4v) is 10.6. The molecular weight excluding hydrogens is 871 g/mol. The maximum Gasteiger partial charge on any atom is 0.135 e. The van der Waals surface area contributed by atoms with Crippen LogP contribution in [0.1, 0.15) is 0 Å². The third kappa shape index (κ3) is 7.92. The zero-order chi connectivity index (χ0) is 47.8. The third-order valence-corrected chi connectivity index (χ3v) is 14.1. The highest BCUT2D eigenvalue weighted by Gasteiger charge is 2.24. The molecule has 1 aromatic heterocycles. The molecule has 0 fully saturated rings. The van der Waals surface area contributed by atoms with Gasteiger partial charge in [0.1, 0.15) is 11.2 Å². The van der Waals surface area contributed by atoms with Gasteiger partial charge in [-0.1, -0.05) is 231 Å². The molecule has 0 saturated carbocycles. The largest absolute Gasteiger partial charge is 0.456 e. The van der Waals surface area contributed by atoms with Gasteiger partial charge in [0, 0.05) is 27.7 Å². The highest BCUT2D eigenvalue weighted by Crippen LogP contribution is 2.49. The lowest BCUT2D eigenvalue weighted by atomic mass is 9.87. The molecule has 0 aliphatic heterocycles. The maximum atomic E-state index is 6.42. The Hall–Kier alpha value is -9.50. The third-order valence-electron chi connectivity index (χ3n) is 14.1. The van der Waals surface area contributed by atoms with E-state index in [0.29, 0.717) is 0 Å². The summed E-state index contributed by atoms with van der Waals surface area (Å²) in [6.45, 7) is 0. The van der Waals surface area contributed by atoms with Gasteiger partial charge in [-0.3, -0.25) is 0 Å². The number of furan rings is 1. The van der Waals surface area contributed by atoms with Crippen molar-refractivity contribution in [2.75, 3.05) is 4.90 Å². The zero-order valence-electron chi connectivity index (χ0n) is 39.5. The van der Waals surface area contributed by atoms with E-state index in [1.54, 1.807) is 0 Å². The number of hydrogen-bond acceptors (Lipinski definition) is 2.